The van der Waals surface area contributed by atoms with E-state index in [-0.39, 0.29) is 0 Å². The Bertz CT molecular complexity index is 327. The van der Waals surface area contributed by atoms with Gasteiger partial charge < -0.3 is 10.6 Å². The van der Waals surface area contributed by atoms with Gasteiger partial charge >= 0.3 is 0 Å². The lowest BCUT2D eigenvalue weighted by atomic mass is 9.87. The molecule has 1 unspecified atom stereocenters. The molecule has 0 saturated heterocycles. The highest BCUT2D eigenvalue weighted by atomic mass is 15.1. The third-order valence-corrected chi connectivity index (χ3v) is 3.15. The van der Waals surface area contributed by atoms with Gasteiger partial charge in [-0.15, -0.1) is 0 Å². The van der Waals surface area contributed by atoms with Crippen LogP contribution in [0.2, 0.25) is 0 Å². The fourth-order valence-electron chi connectivity index (χ4n) is 2.32. The van der Waals surface area contributed by atoms with Gasteiger partial charge in [0, 0.05) is 24.8 Å². The molecule has 2 N–H and O–H groups in total. The summed E-state index contributed by atoms with van der Waals surface area (Å²) in [6, 6.07) is 10.9. The van der Waals surface area contributed by atoms with E-state index in [1.807, 2.05) is 0 Å². The highest BCUT2D eigenvalue weighted by Crippen LogP contribution is 2.22. The van der Waals surface area contributed by atoms with Crippen molar-refractivity contribution in [1.29, 1.82) is 0 Å². The minimum Gasteiger partial charge on any atom is -0.372 e. The topological polar surface area (TPSA) is 29.3 Å². The number of anilines is 1. The van der Waals surface area contributed by atoms with E-state index in [0.717, 1.165) is 25.9 Å². The van der Waals surface area contributed by atoms with Crippen LogP contribution < -0.4 is 10.6 Å². The smallest absolute Gasteiger partial charge is 0.0366 e. The first-order chi connectivity index (χ1) is 8.42. The van der Waals surface area contributed by atoms with Gasteiger partial charge in [-0.2, -0.15) is 0 Å². The molecule has 18 heavy (non-hydrogen) atoms. The highest BCUT2D eigenvalue weighted by Gasteiger charge is 2.16. The van der Waals surface area contributed by atoms with Gasteiger partial charge in [0.15, 0.2) is 0 Å². The molecule has 0 radical (unpaired) electrons. The quantitative estimate of drug-likeness (QED) is 0.832. The molecule has 0 heterocycles. The molecule has 0 spiro atoms. The van der Waals surface area contributed by atoms with Crippen molar-refractivity contribution in [2.75, 3.05) is 18.0 Å². The van der Waals surface area contributed by atoms with E-state index in [1.165, 1.54) is 5.69 Å². The monoisotopic (exact) mass is 248 g/mol. The van der Waals surface area contributed by atoms with Crippen LogP contribution in [-0.4, -0.2) is 19.1 Å². The average molecular weight is 248 g/mol. The molecule has 1 aromatic carbocycles. The van der Waals surface area contributed by atoms with Gasteiger partial charge in [-0.05, 0) is 37.3 Å². The second-order valence-electron chi connectivity index (χ2n) is 6.23. The maximum atomic E-state index is 6.21. The van der Waals surface area contributed by atoms with Gasteiger partial charge in [-0.25, -0.2) is 0 Å². The van der Waals surface area contributed by atoms with Crippen LogP contribution in [0.3, 0.4) is 0 Å². The lowest BCUT2D eigenvalue weighted by Crippen LogP contribution is -2.32. The van der Waals surface area contributed by atoms with Crippen LogP contribution in [0.15, 0.2) is 30.3 Å². The van der Waals surface area contributed by atoms with Crippen LogP contribution in [0.1, 0.15) is 40.5 Å². The van der Waals surface area contributed by atoms with Crippen molar-refractivity contribution in [3.05, 3.63) is 30.3 Å². The van der Waals surface area contributed by atoms with Gasteiger partial charge in [-0.3, -0.25) is 0 Å². The van der Waals surface area contributed by atoms with Crippen molar-refractivity contribution >= 4 is 5.69 Å². The van der Waals surface area contributed by atoms with Gasteiger partial charge in [-0.1, -0.05) is 39.0 Å². The predicted molar refractivity (Wildman–Crippen MR) is 81.0 cm³/mol. The van der Waals surface area contributed by atoms with E-state index in [2.05, 4.69) is 62.9 Å². The first-order valence-corrected chi connectivity index (χ1v) is 6.98. The normalized spacial score (nSPS) is 13.4. The summed E-state index contributed by atoms with van der Waals surface area (Å²) in [7, 11) is 0. The van der Waals surface area contributed by atoms with Crippen molar-refractivity contribution in [2.24, 2.45) is 11.1 Å². The fourth-order valence-corrected chi connectivity index (χ4v) is 2.32. The molecule has 0 saturated carbocycles. The van der Waals surface area contributed by atoms with Crippen LogP contribution in [0.4, 0.5) is 5.69 Å². The molecule has 0 amide bonds. The molecule has 0 aliphatic heterocycles. The Hall–Kier alpha value is -1.02. The van der Waals surface area contributed by atoms with E-state index in [4.69, 9.17) is 5.73 Å². The van der Waals surface area contributed by atoms with E-state index in [9.17, 15) is 0 Å². The van der Waals surface area contributed by atoms with Crippen molar-refractivity contribution in [3.8, 4) is 0 Å². The minimum atomic E-state index is 0.294. The Morgan fingerprint density at radius 1 is 1.17 bits per heavy atom. The van der Waals surface area contributed by atoms with Crippen molar-refractivity contribution in [3.63, 3.8) is 0 Å². The number of nitrogens with zero attached hydrogens (tertiary/aromatic N) is 1. The summed E-state index contributed by atoms with van der Waals surface area (Å²) in [4.78, 5) is 2.39. The van der Waals surface area contributed by atoms with Crippen LogP contribution >= 0.6 is 0 Å². The molecule has 2 heteroatoms. The van der Waals surface area contributed by atoms with Crippen LogP contribution in [0.25, 0.3) is 0 Å². The second kappa shape index (κ2) is 6.79. The maximum absolute atomic E-state index is 6.21. The fraction of sp³-hybridized carbons (Fsp3) is 0.625. The Morgan fingerprint density at radius 2 is 1.78 bits per heavy atom. The summed E-state index contributed by atoms with van der Waals surface area (Å²) >= 11 is 0. The number of benzene rings is 1. The van der Waals surface area contributed by atoms with Crippen LogP contribution in [0.5, 0.6) is 0 Å². The number of rotatable bonds is 6. The highest BCUT2D eigenvalue weighted by molar-refractivity contribution is 5.45. The van der Waals surface area contributed by atoms with Gasteiger partial charge in [0.1, 0.15) is 0 Å². The van der Waals surface area contributed by atoms with Crippen LogP contribution in [0, 0.1) is 5.41 Å². The first-order valence-electron chi connectivity index (χ1n) is 6.98. The van der Waals surface area contributed by atoms with E-state index in [0.29, 0.717) is 11.5 Å². The SMILES string of the molecule is CCN(CCC(N)CC(C)(C)C)c1ccccc1. The number of para-hydroxylation sites is 1. The molecule has 1 aromatic rings. The lowest BCUT2D eigenvalue weighted by molar-refractivity contribution is 0.332. The Balaban J connectivity index is 2.46. The standard InChI is InChI=1S/C16H28N2/c1-5-18(15-9-7-6-8-10-15)12-11-14(17)13-16(2,3)4/h6-10,14H,5,11-13,17H2,1-4H3. The summed E-state index contributed by atoms with van der Waals surface area (Å²) < 4.78 is 0. The number of hydrogen-bond donors (Lipinski definition) is 1. The molecule has 0 bridgehead atoms. The third kappa shape index (κ3) is 5.54. The van der Waals surface area contributed by atoms with E-state index in [1.54, 1.807) is 0 Å². The molecule has 0 fully saturated rings. The van der Waals surface area contributed by atoms with Gasteiger partial charge in [0.05, 0.1) is 0 Å². The minimum absolute atomic E-state index is 0.294. The molecule has 1 atom stereocenters. The lowest BCUT2D eigenvalue weighted by Gasteiger charge is -2.27. The molecule has 2 nitrogen and oxygen atoms in total. The molecule has 0 aliphatic rings. The Morgan fingerprint density at radius 3 is 2.28 bits per heavy atom. The summed E-state index contributed by atoms with van der Waals surface area (Å²) in [5.41, 5.74) is 7.83. The summed E-state index contributed by atoms with van der Waals surface area (Å²) in [6.45, 7) is 11.0. The van der Waals surface area contributed by atoms with Crippen molar-refractivity contribution in [2.45, 2.75) is 46.6 Å². The molecule has 102 valence electrons. The second-order valence-corrected chi connectivity index (χ2v) is 6.23. The largest absolute Gasteiger partial charge is 0.372 e. The first kappa shape index (κ1) is 15.0. The summed E-state index contributed by atoms with van der Waals surface area (Å²) in [5.74, 6) is 0. The van der Waals surface area contributed by atoms with E-state index >= 15 is 0 Å². The van der Waals surface area contributed by atoms with Crippen molar-refractivity contribution < 1.29 is 0 Å². The average Bonchev–Trinajstić information content (AvgIpc) is 2.29. The van der Waals surface area contributed by atoms with Gasteiger partial charge in [0.25, 0.3) is 0 Å². The predicted octanol–water partition coefficient (Wildman–Crippen LogP) is 3.67. The van der Waals surface area contributed by atoms with Gasteiger partial charge in [0.2, 0.25) is 0 Å². The number of hydrogen-bond acceptors (Lipinski definition) is 2. The zero-order chi connectivity index (χ0) is 13.6. The van der Waals surface area contributed by atoms with Crippen molar-refractivity contribution in [1.82, 2.24) is 0 Å². The maximum Gasteiger partial charge on any atom is 0.0366 e. The Labute approximate surface area is 112 Å². The zero-order valence-corrected chi connectivity index (χ0v) is 12.3. The van der Waals surface area contributed by atoms with E-state index < -0.39 is 0 Å². The molecule has 0 aliphatic carbocycles. The van der Waals surface area contributed by atoms with Crippen LogP contribution in [-0.2, 0) is 0 Å². The number of nitrogens with two attached hydrogens (primary N) is 1. The zero-order valence-electron chi connectivity index (χ0n) is 12.3. The summed E-state index contributed by atoms with van der Waals surface area (Å²) in [6.07, 6.45) is 2.14. The molecular formula is C16H28N2. The Kier molecular flexibility index (Phi) is 5.67. The third-order valence-electron chi connectivity index (χ3n) is 3.15. The molecule has 0 aromatic heterocycles. The molecular weight excluding hydrogens is 220 g/mol. The summed E-state index contributed by atoms with van der Waals surface area (Å²) in [5, 5.41) is 0. The molecule has 1 rings (SSSR count).